The largest absolute Gasteiger partial charge is 0.493 e. The Morgan fingerprint density at radius 1 is 1.42 bits per heavy atom. The van der Waals surface area contributed by atoms with E-state index in [2.05, 4.69) is 19.9 Å². The van der Waals surface area contributed by atoms with Crippen LogP contribution in [0.25, 0.3) is 11.0 Å². The topological polar surface area (TPSA) is 106 Å². The molecule has 1 atom stereocenters. The fourth-order valence-corrected chi connectivity index (χ4v) is 3.34. The van der Waals surface area contributed by atoms with Gasteiger partial charge in [0.05, 0.1) is 18.2 Å². The molecule has 7 nitrogen and oxygen atoms in total. The molecule has 4 rings (SSSR count). The quantitative estimate of drug-likeness (QED) is 0.631. The molecule has 122 valence electrons. The van der Waals surface area contributed by atoms with Crippen LogP contribution in [0.2, 0.25) is 0 Å². The Balaban J connectivity index is 1.51. The van der Waals surface area contributed by atoms with Crippen molar-refractivity contribution < 1.29 is 9.53 Å². The molecule has 2 aromatic heterocycles. The number of hydrogen-bond acceptors (Lipinski definition) is 6. The number of rotatable bonds is 3. The standard InChI is InChI=1S/C16H15N5O2S/c17-12-4-6-23-13-7-9(1-2-10(12)13)16(22)21-24-14-3-5-18-15-11(14)8-19-20-15/h1-3,5,7-8,12H,4,6,17H2,(H,21,22)(H,18,19,20)/t12-/m0/s1. The summed E-state index contributed by atoms with van der Waals surface area (Å²) in [7, 11) is 0. The normalized spacial score (nSPS) is 16.5. The molecule has 8 heteroatoms. The highest BCUT2D eigenvalue weighted by Crippen LogP contribution is 2.31. The average molecular weight is 341 g/mol. The van der Waals surface area contributed by atoms with Crippen LogP contribution in [-0.2, 0) is 0 Å². The zero-order valence-corrected chi connectivity index (χ0v) is 13.5. The van der Waals surface area contributed by atoms with Gasteiger partial charge in [-0.05, 0) is 30.1 Å². The van der Waals surface area contributed by atoms with Gasteiger partial charge in [0, 0.05) is 34.7 Å². The van der Waals surface area contributed by atoms with E-state index in [4.69, 9.17) is 10.5 Å². The summed E-state index contributed by atoms with van der Waals surface area (Å²) in [6, 6.07) is 7.16. The Hall–Kier alpha value is -2.58. The van der Waals surface area contributed by atoms with Gasteiger partial charge in [0.2, 0.25) is 0 Å². The van der Waals surface area contributed by atoms with Crippen molar-refractivity contribution in [3.8, 4) is 5.75 Å². The van der Waals surface area contributed by atoms with E-state index in [-0.39, 0.29) is 11.9 Å². The number of pyridine rings is 1. The van der Waals surface area contributed by atoms with Crippen LogP contribution in [0, 0.1) is 0 Å². The van der Waals surface area contributed by atoms with Crippen molar-refractivity contribution in [2.24, 2.45) is 5.73 Å². The number of nitrogens with zero attached hydrogens (tertiary/aromatic N) is 2. The van der Waals surface area contributed by atoms with Crippen LogP contribution in [-0.4, -0.2) is 27.7 Å². The number of amides is 1. The molecule has 1 aromatic carbocycles. The van der Waals surface area contributed by atoms with Crippen LogP contribution in [0.5, 0.6) is 5.75 Å². The minimum atomic E-state index is -0.195. The third-order valence-corrected chi connectivity index (χ3v) is 4.79. The van der Waals surface area contributed by atoms with Crippen LogP contribution in [0.4, 0.5) is 0 Å². The predicted octanol–water partition coefficient (Wildman–Crippen LogP) is 2.18. The molecule has 24 heavy (non-hydrogen) atoms. The van der Waals surface area contributed by atoms with E-state index in [1.807, 2.05) is 12.1 Å². The minimum absolute atomic E-state index is 0.0357. The lowest BCUT2D eigenvalue weighted by atomic mass is 9.99. The first-order valence-corrected chi connectivity index (χ1v) is 8.31. The van der Waals surface area contributed by atoms with Crippen molar-refractivity contribution in [2.45, 2.75) is 17.4 Å². The van der Waals surface area contributed by atoms with E-state index in [0.717, 1.165) is 22.3 Å². The van der Waals surface area contributed by atoms with Gasteiger partial charge in [-0.3, -0.25) is 14.6 Å². The highest BCUT2D eigenvalue weighted by atomic mass is 32.2. The third-order valence-electron chi connectivity index (χ3n) is 3.93. The maximum absolute atomic E-state index is 12.4. The van der Waals surface area contributed by atoms with Gasteiger partial charge in [0.25, 0.3) is 5.91 Å². The average Bonchev–Trinajstić information content (AvgIpc) is 3.09. The Kier molecular flexibility index (Phi) is 3.83. The molecule has 0 radical (unpaired) electrons. The summed E-state index contributed by atoms with van der Waals surface area (Å²) in [4.78, 5) is 17.4. The van der Waals surface area contributed by atoms with Crippen molar-refractivity contribution >= 4 is 28.9 Å². The number of benzene rings is 1. The van der Waals surface area contributed by atoms with Crippen molar-refractivity contribution in [2.75, 3.05) is 6.61 Å². The van der Waals surface area contributed by atoms with E-state index < -0.39 is 0 Å². The molecule has 0 aliphatic carbocycles. The number of aromatic amines is 1. The summed E-state index contributed by atoms with van der Waals surface area (Å²) in [5, 5.41) is 7.63. The van der Waals surface area contributed by atoms with Crippen molar-refractivity contribution in [1.29, 1.82) is 0 Å². The maximum Gasteiger partial charge on any atom is 0.261 e. The van der Waals surface area contributed by atoms with E-state index in [9.17, 15) is 4.79 Å². The third kappa shape index (κ3) is 2.70. The van der Waals surface area contributed by atoms with Crippen molar-refractivity contribution in [3.05, 3.63) is 47.8 Å². The smallest absolute Gasteiger partial charge is 0.261 e. The highest BCUT2D eigenvalue weighted by Gasteiger charge is 2.19. The van der Waals surface area contributed by atoms with Crippen molar-refractivity contribution in [3.63, 3.8) is 0 Å². The minimum Gasteiger partial charge on any atom is -0.493 e. The van der Waals surface area contributed by atoms with Crippen LogP contribution in [0.15, 0.2) is 41.6 Å². The van der Waals surface area contributed by atoms with Gasteiger partial charge >= 0.3 is 0 Å². The number of hydrogen-bond donors (Lipinski definition) is 3. The SMILES string of the molecule is N[C@H]1CCOc2cc(C(=O)NSc3ccnc4[nH]ncc34)ccc21. The summed E-state index contributed by atoms with van der Waals surface area (Å²) in [5.74, 6) is 0.492. The first-order chi connectivity index (χ1) is 11.7. The molecule has 0 bridgehead atoms. The second kappa shape index (κ2) is 6.14. The number of fused-ring (bicyclic) bond motifs is 2. The van der Waals surface area contributed by atoms with Crippen LogP contribution in [0.3, 0.4) is 0 Å². The molecule has 3 heterocycles. The summed E-state index contributed by atoms with van der Waals surface area (Å²) in [6.45, 7) is 0.573. The molecular weight excluding hydrogens is 326 g/mol. The summed E-state index contributed by atoms with van der Waals surface area (Å²) in [5.41, 5.74) is 8.22. The van der Waals surface area contributed by atoms with E-state index >= 15 is 0 Å². The molecular formula is C16H15N5O2S. The summed E-state index contributed by atoms with van der Waals surface area (Å²) < 4.78 is 8.44. The fourth-order valence-electron chi connectivity index (χ4n) is 2.63. The van der Waals surface area contributed by atoms with Gasteiger partial charge in [0.1, 0.15) is 5.75 Å². The maximum atomic E-state index is 12.4. The van der Waals surface area contributed by atoms with Gasteiger partial charge in [-0.15, -0.1) is 0 Å². The lowest BCUT2D eigenvalue weighted by Crippen LogP contribution is -2.22. The molecule has 0 saturated carbocycles. The number of nitrogens with two attached hydrogens (primary N) is 1. The zero-order valence-electron chi connectivity index (χ0n) is 12.7. The molecule has 1 aliphatic heterocycles. The predicted molar refractivity (Wildman–Crippen MR) is 90.7 cm³/mol. The Morgan fingerprint density at radius 2 is 2.33 bits per heavy atom. The molecule has 1 amide bonds. The number of nitrogens with one attached hydrogen (secondary N) is 2. The van der Waals surface area contributed by atoms with Crippen LogP contribution < -0.4 is 15.2 Å². The lowest BCUT2D eigenvalue weighted by molar-refractivity contribution is 0.0983. The van der Waals surface area contributed by atoms with E-state index in [0.29, 0.717) is 23.6 Å². The molecule has 0 unspecified atom stereocenters. The number of H-pyrrole nitrogens is 1. The zero-order chi connectivity index (χ0) is 16.5. The van der Waals surface area contributed by atoms with Crippen molar-refractivity contribution in [1.82, 2.24) is 19.9 Å². The van der Waals surface area contributed by atoms with Gasteiger partial charge in [0.15, 0.2) is 5.65 Å². The Bertz CT molecular complexity index is 910. The van der Waals surface area contributed by atoms with E-state index in [1.54, 1.807) is 24.5 Å². The molecule has 0 spiro atoms. The first-order valence-electron chi connectivity index (χ1n) is 7.50. The van der Waals surface area contributed by atoms with Gasteiger partial charge < -0.3 is 10.5 Å². The Morgan fingerprint density at radius 3 is 3.25 bits per heavy atom. The summed E-state index contributed by atoms with van der Waals surface area (Å²) in [6.07, 6.45) is 4.14. The summed E-state index contributed by atoms with van der Waals surface area (Å²) >= 11 is 1.23. The van der Waals surface area contributed by atoms with Crippen LogP contribution in [0.1, 0.15) is 28.4 Å². The monoisotopic (exact) mass is 341 g/mol. The fraction of sp³-hybridized carbons (Fsp3) is 0.188. The molecule has 0 saturated heterocycles. The van der Waals surface area contributed by atoms with E-state index in [1.165, 1.54) is 11.9 Å². The molecule has 0 fully saturated rings. The highest BCUT2D eigenvalue weighted by molar-refractivity contribution is 7.98. The molecule has 3 aromatic rings. The molecule has 1 aliphatic rings. The van der Waals surface area contributed by atoms with Gasteiger partial charge in [-0.25, -0.2) is 4.98 Å². The number of ether oxygens (including phenoxy) is 1. The van der Waals surface area contributed by atoms with Crippen LogP contribution >= 0.6 is 11.9 Å². The lowest BCUT2D eigenvalue weighted by Gasteiger charge is -2.23. The number of aromatic nitrogens is 3. The number of carbonyl (C=O) groups excluding carboxylic acids is 1. The molecule has 4 N–H and O–H groups in total. The number of carbonyl (C=O) groups is 1. The van der Waals surface area contributed by atoms with Gasteiger partial charge in [-0.2, -0.15) is 5.10 Å². The first kappa shape index (κ1) is 15.0. The second-order valence-corrected chi connectivity index (χ2v) is 6.32. The van der Waals surface area contributed by atoms with Gasteiger partial charge in [-0.1, -0.05) is 6.07 Å². The Labute approximate surface area is 142 Å². The second-order valence-electron chi connectivity index (χ2n) is 5.47.